The number of esters is 1. The van der Waals surface area contributed by atoms with E-state index in [2.05, 4.69) is 0 Å². The molecule has 0 radical (unpaired) electrons. The Morgan fingerprint density at radius 2 is 1.78 bits per heavy atom. The number of rotatable bonds is 6. The predicted octanol–water partition coefficient (Wildman–Crippen LogP) is 3.87. The molecule has 1 heterocycles. The average molecular weight is 383 g/mol. The molecule has 1 saturated heterocycles. The van der Waals surface area contributed by atoms with E-state index in [0.717, 1.165) is 22.2 Å². The fourth-order valence-corrected chi connectivity index (χ4v) is 3.27. The summed E-state index contributed by atoms with van der Waals surface area (Å²) >= 11 is 0.901. The number of anilines is 1. The van der Waals surface area contributed by atoms with Gasteiger partial charge in [-0.2, -0.15) is 0 Å². The van der Waals surface area contributed by atoms with Crippen LogP contribution in [-0.2, 0) is 14.3 Å². The van der Waals surface area contributed by atoms with Crippen molar-refractivity contribution in [3.63, 3.8) is 0 Å². The Kier molecular flexibility index (Phi) is 5.93. The molecular weight excluding hydrogens is 366 g/mol. The second-order valence-electron chi connectivity index (χ2n) is 5.52. The van der Waals surface area contributed by atoms with Crippen LogP contribution in [-0.4, -0.2) is 30.3 Å². The van der Waals surface area contributed by atoms with Crippen molar-refractivity contribution in [1.29, 1.82) is 0 Å². The summed E-state index contributed by atoms with van der Waals surface area (Å²) < 4.78 is 10.1. The van der Waals surface area contributed by atoms with Crippen LogP contribution in [0.4, 0.5) is 10.5 Å². The number of carbonyl (C=O) groups is 3. The Hall–Kier alpha value is -3.06. The molecule has 1 aliphatic heterocycles. The molecule has 0 aromatic heterocycles. The summed E-state index contributed by atoms with van der Waals surface area (Å²) in [6.45, 7) is 1.87. The van der Waals surface area contributed by atoms with Crippen molar-refractivity contribution in [3.05, 3.63) is 65.1 Å². The number of ether oxygens (including phenoxy) is 2. The smallest absolute Gasteiger partial charge is 0.344 e. The van der Waals surface area contributed by atoms with Gasteiger partial charge in [-0.1, -0.05) is 30.3 Å². The number of hydrogen-bond donors (Lipinski definition) is 0. The van der Waals surface area contributed by atoms with Gasteiger partial charge in [0, 0.05) is 0 Å². The molecule has 2 amide bonds. The van der Waals surface area contributed by atoms with Crippen LogP contribution in [0.15, 0.2) is 59.5 Å². The van der Waals surface area contributed by atoms with Gasteiger partial charge in [0.2, 0.25) is 0 Å². The predicted molar refractivity (Wildman–Crippen MR) is 103 cm³/mol. The lowest BCUT2D eigenvalue weighted by atomic mass is 10.2. The minimum atomic E-state index is -0.434. The molecule has 2 aromatic rings. The van der Waals surface area contributed by atoms with Gasteiger partial charge in [0.25, 0.3) is 11.1 Å². The van der Waals surface area contributed by atoms with Gasteiger partial charge >= 0.3 is 5.97 Å². The van der Waals surface area contributed by atoms with Crippen LogP contribution in [0, 0.1) is 0 Å². The number of imide groups is 1. The van der Waals surface area contributed by atoms with Crippen LogP contribution in [0.1, 0.15) is 12.5 Å². The Labute approximate surface area is 160 Å². The van der Waals surface area contributed by atoms with Crippen LogP contribution >= 0.6 is 11.8 Å². The van der Waals surface area contributed by atoms with Gasteiger partial charge in [0.1, 0.15) is 5.75 Å². The molecule has 0 saturated carbocycles. The van der Waals surface area contributed by atoms with E-state index >= 15 is 0 Å². The average Bonchev–Trinajstić information content (AvgIpc) is 2.95. The first-order valence-electron chi connectivity index (χ1n) is 8.30. The molecule has 0 unspecified atom stereocenters. The number of amides is 2. The van der Waals surface area contributed by atoms with E-state index in [1.807, 2.05) is 6.07 Å². The first-order valence-corrected chi connectivity index (χ1v) is 9.11. The largest absolute Gasteiger partial charge is 0.482 e. The maximum absolute atomic E-state index is 12.6. The molecule has 6 nitrogen and oxygen atoms in total. The van der Waals surface area contributed by atoms with Gasteiger partial charge in [-0.05, 0) is 54.6 Å². The summed E-state index contributed by atoms with van der Waals surface area (Å²) in [6.07, 6.45) is 1.66. The molecule has 1 aliphatic rings. The van der Waals surface area contributed by atoms with E-state index in [1.54, 1.807) is 61.5 Å². The summed E-state index contributed by atoms with van der Waals surface area (Å²) in [4.78, 5) is 37.6. The maximum atomic E-state index is 12.6. The zero-order valence-electron chi connectivity index (χ0n) is 14.6. The van der Waals surface area contributed by atoms with Crippen LogP contribution in [0.2, 0.25) is 0 Å². The fraction of sp³-hybridized carbons (Fsp3) is 0.150. The Morgan fingerprint density at radius 1 is 1.07 bits per heavy atom. The van der Waals surface area contributed by atoms with E-state index in [1.165, 1.54) is 0 Å². The van der Waals surface area contributed by atoms with Crippen molar-refractivity contribution >= 4 is 40.6 Å². The van der Waals surface area contributed by atoms with Crippen molar-refractivity contribution in [2.24, 2.45) is 0 Å². The Balaban J connectivity index is 1.69. The normalized spacial score (nSPS) is 15.3. The third-order valence-electron chi connectivity index (χ3n) is 3.65. The molecule has 0 aliphatic carbocycles. The monoisotopic (exact) mass is 383 g/mol. The first kappa shape index (κ1) is 18.7. The first-order chi connectivity index (χ1) is 13.1. The highest BCUT2D eigenvalue weighted by Gasteiger charge is 2.36. The molecule has 2 aromatic carbocycles. The summed E-state index contributed by atoms with van der Waals surface area (Å²) in [5.74, 6) is -0.271. The van der Waals surface area contributed by atoms with Crippen LogP contribution in [0.5, 0.6) is 5.75 Å². The highest BCUT2D eigenvalue weighted by Crippen LogP contribution is 2.35. The van der Waals surface area contributed by atoms with Crippen LogP contribution in [0.25, 0.3) is 6.08 Å². The zero-order valence-corrected chi connectivity index (χ0v) is 15.4. The van der Waals surface area contributed by atoms with Gasteiger partial charge < -0.3 is 9.47 Å². The lowest BCUT2D eigenvalue weighted by molar-refractivity contribution is -0.145. The number of thioether (sulfide) groups is 1. The standard InChI is InChI=1S/C20H17NO5S/c1-2-25-18(22)13-26-16-10-8-14(9-11-16)12-17-19(23)21(20(24)27-17)15-6-4-3-5-7-15/h3-12H,2,13H2,1H3/b17-12+. The highest BCUT2D eigenvalue weighted by atomic mass is 32.2. The van der Waals surface area contributed by atoms with E-state index in [4.69, 9.17) is 9.47 Å². The summed E-state index contributed by atoms with van der Waals surface area (Å²) in [6, 6.07) is 15.7. The number of benzene rings is 2. The SMILES string of the molecule is CCOC(=O)COc1ccc(/C=C2/SC(=O)N(c3ccccc3)C2=O)cc1. The number of hydrogen-bond acceptors (Lipinski definition) is 6. The minimum Gasteiger partial charge on any atom is -0.482 e. The minimum absolute atomic E-state index is 0.164. The second kappa shape index (κ2) is 8.55. The molecule has 3 rings (SSSR count). The van der Waals surface area contributed by atoms with Gasteiger partial charge in [-0.25, -0.2) is 9.69 Å². The molecular formula is C20H17NO5S. The van der Waals surface area contributed by atoms with E-state index in [9.17, 15) is 14.4 Å². The molecule has 7 heteroatoms. The number of nitrogens with zero attached hydrogens (tertiary/aromatic N) is 1. The van der Waals surface area contributed by atoms with Crippen molar-refractivity contribution in [3.8, 4) is 5.75 Å². The molecule has 0 atom stereocenters. The van der Waals surface area contributed by atoms with Crippen LogP contribution in [0.3, 0.4) is 0 Å². The van der Waals surface area contributed by atoms with Crippen LogP contribution < -0.4 is 9.64 Å². The van der Waals surface area contributed by atoms with Crippen molar-refractivity contribution in [2.75, 3.05) is 18.1 Å². The third kappa shape index (κ3) is 4.57. The summed E-state index contributed by atoms with van der Waals surface area (Å²) in [7, 11) is 0. The molecule has 1 fully saturated rings. The Morgan fingerprint density at radius 3 is 2.44 bits per heavy atom. The molecule has 27 heavy (non-hydrogen) atoms. The topological polar surface area (TPSA) is 72.9 Å². The van der Waals surface area contributed by atoms with Gasteiger partial charge in [0.05, 0.1) is 17.2 Å². The summed E-state index contributed by atoms with van der Waals surface area (Å²) in [5, 5.41) is -0.327. The highest BCUT2D eigenvalue weighted by molar-refractivity contribution is 8.19. The third-order valence-corrected chi connectivity index (χ3v) is 4.52. The summed E-state index contributed by atoms with van der Waals surface area (Å²) in [5.41, 5.74) is 1.29. The van der Waals surface area contributed by atoms with Gasteiger partial charge in [-0.3, -0.25) is 9.59 Å². The van der Waals surface area contributed by atoms with Crippen molar-refractivity contribution in [1.82, 2.24) is 0 Å². The van der Waals surface area contributed by atoms with Gasteiger partial charge in [-0.15, -0.1) is 0 Å². The van der Waals surface area contributed by atoms with Crippen molar-refractivity contribution in [2.45, 2.75) is 6.92 Å². The molecule has 138 valence electrons. The van der Waals surface area contributed by atoms with E-state index < -0.39 is 5.97 Å². The Bertz CT molecular complexity index is 877. The molecule has 0 bridgehead atoms. The van der Waals surface area contributed by atoms with E-state index in [0.29, 0.717) is 22.9 Å². The second-order valence-corrected chi connectivity index (χ2v) is 6.51. The number of para-hydroxylation sites is 1. The molecule has 0 N–H and O–H groups in total. The molecule has 0 spiro atoms. The van der Waals surface area contributed by atoms with E-state index in [-0.39, 0.29) is 17.8 Å². The van der Waals surface area contributed by atoms with Crippen molar-refractivity contribution < 1.29 is 23.9 Å². The lowest BCUT2D eigenvalue weighted by Crippen LogP contribution is -2.27. The van der Waals surface area contributed by atoms with Gasteiger partial charge in [0.15, 0.2) is 6.61 Å². The lowest BCUT2D eigenvalue weighted by Gasteiger charge is -2.11. The number of carbonyl (C=O) groups excluding carboxylic acids is 3. The fourth-order valence-electron chi connectivity index (χ4n) is 2.42. The quantitative estimate of drug-likeness (QED) is 0.557. The maximum Gasteiger partial charge on any atom is 0.344 e. The zero-order chi connectivity index (χ0) is 19.2.